The number of carbonyl (C=O) groups excluding carboxylic acids is 1. The van der Waals surface area contributed by atoms with Crippen molar-refractivity contribution in [1.29, 1.82) is 0 Å². The van der Waals surface area contributed by atoms with E-state index in [1.165, 1.54) is 11.1 Å². The fourth-order valence-electron chi connectivity index (χ4n) is 2.56. The van der Waals surface area contributed by atoms with Gasteiger partial charge in [0, 0.05) is 6.54 Å². The summed E-state index contributed by atoms with van der Waals surface area (Å²) in [5, 5.41) is 6.12. The van der Waals surface area contributed by atoms with Crippen molar-refractivity contribution >= 4 is 17.4 Å². The summed E-state index contributed by atoms with van der Waals surface area (Å²) in [4.78, 5) is 16.3. The third-order valence-corrected chi connectivity index (χ3v) is 4.12. The second-order valence-corrected chi connectivity index (χ2v) is 6.17. The Labute approximate surface area is 159 Å². The first-order valence-electron chi connectivity index (χ1n) is 8.93. The van der Waals surface area contributed by atoms with Gasteiger partial charge >= 0.3 is 0 Å². The average Bonchev–Trinajstić information content (AvgIpc) is 2.69. The second kappa shape index (κ2) is 9.38. The summed E-state index contributed by atoms with van der Waals surface area (Å²) in [6.45, 7) is 3.15. The van der Waals surface area contributed by atoms with Crippen LogP contribution in [-0.4, -0.2) is 17.5 Å². The van der Waals surface area contributed by atoms with Gasteiger partial charge in [0.25, 0.3) is 0 Å². The Kier molecular flexibility index (Phi) is 6.41. The lowest BCUT2D eigenvalue weighted by Gasteiger charge is -2.10. The van der Waals surface area contributed by atoms with E-state index < -0.39 is 0 Å². The molecule has 1 amide bonds. The van der Waals surface area contributed by atoms with Crippen molar-refractivity contribution in [2.45, 2.75) is 19.9 Å². The maximum Gasteiger partial charge on any atom is 0.228 e. The number of rotatable bonds is 8. The molecular formula is C22H23N3O2. The van der Waals surface area contributed by atoms with Gasteiger partial charge in [0.1, 0.15) is 11.6 Å². The van der Waals surface area contributed by atoms with Gasteiger partial charge in [0.15, 0.2) is 0 Å². The number of amides is 1. The molecule has 5 nitrogen and oxygen atoms in total. The number of nitrogens with zero attached hydrogens (tertiary/aromatic N) is 1. The van der Waals surface area contributed by atoms with Crippen LogP contribution >= 0.6 is 0 Å². The maximum atomic E-state index is 12.0. The number of anilines is 2. The van der Waals surface area contributed by atoms with E-state index in [0.717, 1.165) is 18.0 Å². The summed E-state index contributed by atoms with van der Waals surface area (Å²) >= 11 is 0. The molecule has 2 N–H and O–H groups in total. The monoisotopic (exact) mass is 361 g/mol. The SMILES string of the molecule is Cc1ccccc1CNc1ccc(NC(=O)CCOc2ccccc2)nc1. The molecule has 3 rings (SSSR count). The normalized spacial score (nSPS) is 10.3. The predicted octanol–water partition coefficient (Wildman–Crippen LogP) is 4.41. The number of benzene rings is 2. The highest BCUT2D eigenvalue weighted by molar-refractivity contribution is 5.89. The molecule has 5 heteroatoms. The van der Waals surface area contributed by atoms with Crippen LogP contribution < -0.4 is 15.4 Å². The molecule has 0 aliphatic carbocycles. The molecule has 0 unspecified atom stereocenters. The van der Waals surface area contributed by atoms with E-state index in [1.807, 2.05) is 48.5 Å². The fraction of sp³-hybridized carbons (Fsp3) is 0.182. The molecule has 0 saturated heterocycles. The molecule has 1 heterocycles. The van der Waals surface area contributed by atoms with Crippen LogP contribution in [0.15, 0.2) is 72.9 Å². The number of hydrogen-bond donors (Lipinski definition) is 2. The van der Waals surface area contributed by atoms with Gasteiger partial charge in [-0.15, -0.1) is 0 Å². The highest BCUT2D eigenvalue weighted by Crippen LogP contribution is 2.14. The van der Waals surface area contributed by atoms with E-state index in [9.17, 15) is 4.79 Å². The molecule has 0 atom stereocenters. The van der Waals surface area contributed by atoms with Crippen LogP contribution in [-0.2, 0) is 11.3 Å². The molecule has 0 spiro atoms. The van der Waals surface area contributed by atoms with E-state index in [0.29, 0.717) is 12.4 Å². The summed E-state index contributed by atoms with van der Waals surface area (Å²) in [5.41, 5.74) is 3.40. The molecule has 0 fully saturated rings. The van der Waals surface area contributed by atoms with Crippen LogP contribution in [0.1, 0.15) is 17.5 Å². The predicted molar refractivity (Wildman–Crippen MR) is 108 cm³/mol. The van der Waals surface area contributed by atoms with Gasteiger partial charge in [-0.3, -0.25) is 4.79 Å². The highest BCUT2D eigenvalue weighted by Gasteiger charge is 2.04. The topological polar surface area (TPSA) is 63.2 Å². The Bertz CT molecular complexity index is 864. The molecule has 0 aliphatic rings. The molecule has 27 heavy (non-hydrogen) atoms. The smallest absolute Gasteiger partial charge is 0.228 e. The third-order valence-electron chi connectivity index (χ3n) is 4.12. The van der Waals surface area contributed by atoms with Gasteiger partial charge in [-0.1, -0.05) is 42.5 Å². The zero-order chi connectivity index (χ0) is 18.9. The van der Waals surface area contributed by atoms with Crippen LogP contribution in [0.4, 0.5) is 11.5 Å². The zero-order valence-corrected chi connectivity index (χ0v) is 15.3. The largest absolute Gasteiger partial charge is 0.493 e. The number of aromatic nitrogens is 1. The van der Waals surface area contributed by atoms with E-state index in [4.69, 9.17) is 4.74 Å². The van der Waals surface area contributed by atoms with Crippen LogP contribution in [0.3, 0.4) is 0 Å². The van der Waals surface area contributed by atoms with Crippen molar-refractivity contribution in [3.63, 3.8) is 0 Å². The van der Waals surface area contributed by atoms with Crippen molar-refractivity contribution in [2.75, 3.05) is 17.2 Å². The van der Waals surface area contributed by atoms with E-state index in [2.05, 4.69) is 34.7 Å². The first-order chi connectivity index (χ1) is 13.2. The van der Waals surface area contributed by atoms with Crippen molar-refractivity contribution in [1.82, 2.24) is 4.98 Å². The van der Waals surface area contributed by atoms with Crippen molar-refractivity contribution in [2.24, 2.45) is 0 Å². The summed E-state index contributed by atoms with van der Waals surface area (Å²) in [6.07, 6.45) is 1.98. The minimum Gasteiger partial charge on any atom is -0.493 e. The summed E-state index contributed by atoms with van der Waals surface area (Å²) < 4.78 is 5.53. The standard InChI is InChI=1S/C22H23N3O2/c1-17-7-5-6-8-18(17)15-23-19-11-12-21(24-16-19)25-22(26)13-14-27-20-9-3-2-4-10-20/h2-12,16,23H,13-15H2,1H3,(H,24,25,26). The second-order valence-electron chi connectivity index (χ2n) is 6.17. The third kappa shape index (κ3) is 5.85. The number of aryl methyl sites for hydroxylation is 1. The number of carbonyl (C=O) groups is 1. The van der Waals surface area contributed by atoms with Crippen molar-refractivity contribution in [3.8, 4) is 5.75 Å². The van der Waals surface area contributed by atoms with Crippen LogP contribution in [0.25, 0.3) is 0 Å². The quantitative estimate of drug-likeness (QED) is 0.624. The Hall–Kier alpha value is -3.34. The highest BCUT2D eigenvalue weighted by atomic mass is 16.5. The number of ether oxygens (including phenoxy) is 1. The lowest BCUT2D eigenvalue weighted by molar-refractivity contribution is -0.116. The molecule has 2 aromatic carbocycles. The summed E-state index contributed by atoms with van der Waals surface area (Å²) in [7, 11) is 0. The number of para-hydroxylation sites is 1. The number of nitrogens with one attached hydrogen (secondary N) is 2. The minimum atomic E-state index is -0.126. The summed E-state index contributed by atoms with van der Waals surface area (Å²) in [6, 6.07) is 21.4. The lowest BCUT2D eigenvalue weighted by Crippen LogP contribution is -2.16. The average molecular weight is 361 g/mol. The first-order valence-corrected chi connectivity index (χ1v) is 8.93. The van der Waals surface area contributed by atoms with Gasteiger partial charge in [-0.2, -0.15) is 0 Å². The van der Waals surface area contributed by atoms with Gasteiger partial charge in [-0.25, -0.2) is 4.98 Å². The first kappa shape index (κ1) is 18.5. The molecular weight excluding hydrogens is 338 g/mol. The Morgan fingerprint density at radius 2 is 1.78 bits per heavy atom. The molecule has 0 bridgehead atoms. The molecule has 0 aliphatic heterocycles. The number of hydrogen-bond acceptors (Lipinski definition) is 4. The number of pyridine rings is 1. The van der Waals surface area contributed by atoms with Gasteiger partial charge < -0.3 is 15.4 Å². The van der Waals surface area contributed by atoms with Crippen molar-refractivity contribution < 1.29 is 9.53 Å². The molecule has 0 saturated carbocycles. The maximum absolute atomic E-state index is 12.0. The molecule has 3 aromatic rings. The van der Waals surface area contributed by atoms with Crippen LogP contribution in [0, 0.1) is 6.92 Å². The Morgan fingerprint density at radius 3 is 2.52 bits per heavy atom. The van der Waals surface area contributed by atoms with Crippen LogP contribution in [0.5, 0.6) is 5.75 Å². The van der Waals surface area contributed by atoms with Gasteiger partial charge in [0.2, 0.25) is 5.91 Å². The molecule has 1 aromatic heterocycles. The van der Waals surface area contributed by atoms with Crippen molar-refractivity contribution in [3.05, 3.63) is 84.1 Å². The fourth-order valence-corrected chi connectivity index (χ4v) is 2.56. The lowest BCUT2D eigenvalue weighted by atomic mass is 10.1. The van der Waals surface area contributed by atoms with Gasteiger partial charge in [0.05, 0.1) is 24.9 Å². The molecule has 0 radical (unpaired) electrons. The molecule has 138 valence electrons. The van der Waals surface area contributed by atoms with Gasteiger partial charge in [-0.05, 0) is 42.3 Å². The minimum absolute atomic E-state index is 0.126. The Balaban J connectivity index is 1.43. The van der Waals surface area contributed by atoms with E-state index >= 15 is 0 Å². The zero-order valence-electron chi connectivity index (χ0n) is 15.3. The van der Waals surface area contributed by atoms with E-state index in [-0.39, 0.29) is 12.3 Å². The van der Waals surface area contributed by atoms with E-state index in [1.54, 1.807) is 12.3 Å². The Morgan fingerprint density at radius 1 is 1.00 bits per heavy atom. The summed E-state index contributed by atoms with van der Waals surface area (Å²) in [5.74, 6) is 1.16. The van der Waals surface area contributed by atoms with Crippen LogP contribution in [0.2, 0.25) is 0 Å².